The monoisotopic (exact) mass is 414 g/mol. The molecule has 6 nitrogen and oxygen atoms in total. The van der Waals surface area contributed by atoms with Crippen molar-refractivity contribution in [2.75, 3.05) is 5.75 Å². The number of aromatic nitrogens is 3. The average Bonchev–Trinajstić information content (AvgIpc) is 3.05. The zero-order valence-corrected chi connectivity index (χ0v) is 18.9. The molecule has 0 aliphatic heterocycles. The van der Waals surface area contributed by atoms with Gasteiger partial charge in [0.1, 0.15) is 12.4 Å². The van der Waals surface area contributed by atoms with Crippen LogP contribution in [0.2, 0.25) is 0 Å². The van der Waals surface area contributed by atoms with Gasteiger partial charge in [0.2, 0.25) is 0 Å². The summed E-state index contributed by atoms with van der Waals surface area (Å²) in [7, 11) is 1.99. The van der Waals surface area contributed by atoms with Gasteiger partial charge in [0.25, 0.3) is 0 Å². The van der Waals surface area contributed by atoms with Crippen molar-refractivity contribution < 1.29 is 0 Å². The first-order valence-corrected chi connectivity index (χ1v) is 11.7. The third-order valence-corrected chi connectivity index (χ3v) is 6.82. The standard InChI is InChI=1S/C22H34N6S/c1-5-29-20-13-9-12-19(14-20)25-22(23-15-21-27-26-17(3)28(21)4)24-16(2)18-10-7-6-8-11-18/h6-8,10-11,16,19-20H,5,9,12-15H2,1-4H3,(H2,23,24,25). The Morgan fingerprint density at radius 1 is 1.28 bits per heavy atom. The van der Waals surface area contributed by atoms with Crippen molar-refractivity contribution in [2.45, 2.75) is 70.3 Å². The maximum Gasteiger partial charge on any atom is 0.192 e. The molecule has 7 heteroatoms. The van der Waals surface area contributed by atoms with Crippen molar-refractivity contribution >= 4 is 17.7 Å². The fourth-order valence-corrected chi connectivity index (χ4v) is 4.93. The third-order valence-electron chi connectivity index (χ3n) is 5.58. The maximum absolute atomic E-state index is 4.86. The number of nitrogens with zero attached hydrogens (tertiary/aromatic N) is 4. The van der Waals surface area contributed by atoms with Crippen LogP contribution in [-0.4, -0.2) is 37.8 Å². The smallest absolute Gasteiger partial charge is 0.192 e. The van der Waals surface area contributed by atoms with Gasteiger partial charge in [0, 0.05) is 18.3 Å². The maximum atomic E-state index is 4.86. The molecule has 2 aromatic rings. The van der Waals surface area contributed by atoms with Crippen LogP contribution in [0, 0.1) is 6.92 Å². The van der Waals surface area contributed by atoms with Crippen LogP contribution in [0.15, 0.2) is 35.3 Å². The van der Waals surface area contributed by atoms with Crippen LogP contribution >= 0.6 is 11.8 Å². The Morgan fingerprint density at radius 2 is 2.07 bits per heavy atom. The van der Waals surface area contributed by atoms with E-state index in [2.05, 4.69) is 70.7 Å². The highest BCUT2D eigenvalue weighted by molar-refractivity contribution is 7.99. The first-order chi connectivity index (χ1) is 14.1. The van der Waals surface area contributed by atoms with E-state index in [0.29, 0.717) is 12.6 Å². The average molecular weight is 415 g/mol. The van der Waals surface area contributed by atoms with Gasteiger partial charge in [0.15, 0.2) is 11.8 Å². The van der Waals surface area contributed by atoms with Crippen molar-refractivity contribution in [3.8, 4) is 0 Å². The van der Waals surface area contributed by atoms with E-state index in [0.717, 1.165) is 22.9 Å². The van der Waals surface area contributed by atoms with Crippen molar-refractivity contribution in [3.05, 3.63) is 47.5 Å². The van der Waals surface area contributed by atoms with Crippen molar-refractivity contribution in [1.82, 2.24) is 25.4 Å². The highest BCUT2D eigenvalue weighted by Crippen LogP contribution is 2.28. The van der Waals surface area contributed by atoms with Crippen molar-refractivity contribution in [2.24, 2.45) is 12.0 Å². The highest BCUT2D eigenvalue weighted by Gasteiger charge is 2.23. The number of thioether (sulfide) groups is 1. The lowest BCUT2D eigenvalue weighted by Crippen LogP contribution is -2.46. The Hall–Kier alpha value is -2.02. The number of benzene rings is 1. The quantitative estimate of drug-likeness (QED) is 0.530. The SMILES string of the molecule is CCSC1CCCC(NC(=NCc2nnc(C)n2C)NC(C)c2ccccc2)C1. The predicted octanol–water partition coefficient (Wildman–Crippen LogP) is 3.98. The molecule has 3 unspecified atom stereocenters. The normalized spacial score (nSPS) is 21.0. The molecular weight excluding hydrogens is 380 g/mol. The summed E-state index contributed by atoms with van der Waals surface area (Å²) in [6.45, 7) is 6.90. The summed E-state index contributed by atoms with van der Waals surface area (Å²) in [4.78, 5) is 4.86. The van der Waals surface area contributed by atoms with E-state index in [4.69, 9.17) is 4.99 Å². The summed E-state index contributed by atoms with van der Waals surface area (Å²) in [6, 6.07) is 11.1. The van der Waals surface area contributed by atoms with Crippen LogP contribution < -0.4 is 10.6 Å². The third kappa shape index (κ3) is 6.23. The van der Waals surface area contributed by atoms with E-state index in [9.17, 15) is 0 Å². The summed E-state index contributed by atoms with van der Waals surface area (Å²) in [6.07, 6.45) is 5.00. The topological polar surface area (TPSA) is 67.1 Å². The zero-order chi connectivity index (χ0) is 20.6. The van der Waals surface area contributed by atoms with Gasteiger partial charge >= 0.3 is 0 Å². The van der Waals surface area contributed by atoms with Crippen LogP contribution in [0.1, 0.15) is 62.8 Å². The summed E-state index contributed by atoms with van der Waals surface area (Å²) < 4.78 is 2.00. The molecule has 1 aliphatic rings. The minimum atomic E-state index is 0.174. The summed E-state index contributed by atoms with van der Waals surface area (Å²) in [5, 5.41) is 16.5. The van der Waals surface area contributed by atoms with E-state index in [1.54, 1.807) is 0 Å². The van der Waals surface area contributed by atoms with Gasteiger partial charge in [-0.3, -0.25) is 0 Å². The molecule has 0 saturated heterocycles. The number of hydrogen-bond donors (Lipinski definition) is 2. The Labute approximate surface area is 179 Å². The van der Waals surface area contributed by atoms with Gasteiger partial charge in [0.05, 0.1) is 6.04 Å². The molecule has 1 aromatic carbocycles. The molecule has 1 heterocycles. The van der Waals surface area contributed by atoms with E-state index >= 15 is 0 Å². The van der Waals surface area contributed by atoms with E-state index in [1.165, 1.54) is 37.0 Å². The molecule has 2 N–H and O–H groups in total. The first-order valence-electron chi connectivity index (χ1n) is 10.7. The van der Waals surface area contributed by atoms with Crippen molar-refractivity contribution in [1.29, 1.82) is 0 Å². The van der Waals surface area contributed by atoms with Crippen LogP contribution in [-0.2, 0) is 13.6 Å². The molecule has 0 bridgehead atoms. The van der Waals surface area contributed by atoms with Crippen LogP contribution in [0.4, 0.5) is 0 Å². The number of aryl methyl sites for hydroxylation is 1. The Morgan fingerprint density at radius 3 is 2.76 bits per heavy atom. The second kappa shape index (κ2) is 10.7. The van der Waals surface area contributed by atoms with Gasteiger partial charge in [-0.1, -0.05) is 43.7 Å². The second-order valence-corrected chi connectivity index (χ2v) is 9.33. The number of aliphatic imine (C=N–C) groups is 1. The molecule has 0 amide bonds. The van der Waals surface area contributed by atoms with E-state index in [1.807, 2.05) is 24.6 Å². The molecule has 3 atom stereocenters. The summed E-state index contributed by atoms with van der Waals surface area (Å²) in [5.74, 6) is 3.82. The zero-order valence-electron chi connectivity index (χ0n) is 18.1. The molecule has 29 heavy (non-hydrogen) atoms. The first kappa shape index (κ1) is 21.7. The summed E-state index contributed by atoms with van der Waals surface area (Å²) in [5.41, 5.74) is 1.25. The fraction of sp³-hybridized carbons (Fsp3) is 0.591. The van der Waals surface area contributed by atoms with Gasteiger partial charge in [-0.15, -0.1) is 10.2 Å². The molecular formula is C22H34N6S. The van der Waals surface area contributed by atoms with Crippen LogP contribution in [0.5, 0.6) is 0 Å². The Balaban J connectivity index is 1.71. The molecule has 1 fully saturated rings. The minimum absolute atomic E-state index is 0.174. The van der Waals surface area contributed by atoms with Gasteiger partial charge in [-0.25, -0.2) is 4.99 Å². The number of nitrogens with one attached hydrogen (secondary N) is 2. The fourth-order valence-electron chi connectivity index (χ4n) is 3.76. The van der Waals surface area contributed by atoms with Crippen molar-refractivity contribution in [3.63, 3.8) is 0 Å². The van der Waals surface area contributed by atoms with Gasteiger partial charge < -0.3 is 15.2 Å². The molecule has 1 aliphatic carbocycles. The number of guanidine groups is 1. The number of hydrogen-bond acceptors (Lipinski definition) is 4. The number of rotatable bonds is 7. The molecule has 0 radical (unpaired) electrons. The lowest BCUT2D eigenvalue weighted by molar-refractivity contribution is 0.417. The van der Waals surface area contributed by atoms with Gasteiger partial charge in [-0.2, -0.15) is 11.8 Å². The van der Waals surface area contributed by atoms with E-state index < -0.39 is 0 Å². The largest absolute Gasteiger partial charge is 0.354 e. The lowest BCUT2D eigenvalue weighted by Gasteiger charge is -2.31. The van der Waals surface area contributed by atoms with Crippen LogP contribution in [0.25, 0.3) is 0 Å². The van der Waals surface area contributed by atoms with E-state index in [-0.39, 0.29) is 6.04 Å². The van der Waals surface area contributed by atoms with Gasteiger partial charge in [-0.05, 0) is 44.4 Å². The predicted molar refractivity (Wildman–Crippen MR) is 122 cm³/mol. The highest BCUT2D eigenvalue weighted by atomic mass is 32.2. The second-order valence-electron chi connectivity index (χ2n) is 7.75. The lowest BCUT2D eigenvalue weighted by atomic mass is 9.95. The molecule has 158 valence electrons. The molecule has 1 saturated carbocycles. The van der Waals surface area contributed by atoms with Crippen LogP contribution in [0.3, 0.4) is 0 Å². The Kier molecular flexibility index (Phi) is 7.98. The molecule has 0 spiro atoms. The minimum Gasteiger partial charge on any atom is -0.354 e. The molecule has 3 rings (SSSR count). The Bertz CT molecular complexity index is 786. The molecule has 1 aromatic heterocycles. The summed E-state index contributed by atoms with van der Waals surface area (Å²) >= 11 is 2.09.